The van der Waals surface area contributed by atoms with Crippen LogP contribution in [0.4, 0.5) is 5.82 Å². The number of nitrogens with zero attached hydrogens (tertiary/aromatic N) is 2. The number of pyridine rings is 1. The number of carbonyl (C=O) groups is 2. The quantitative estimate of drug-likeness (QED) is 0.926. The van der Waals surface area contributed by atoms with Crippen LogP contribution in [0.25, 0.3) is 0 Å². The number of halogens is 1. The Labute approximate surface area is 136 Å². The molecule has 6 heteroatoms. The van der Waals surface area contributed by atoms with Crippen molar-refractivity contribution in [3.05, 3.63) is 23.4 Å². The van der Waals surface area contributed by atoms with Crippen molar-refractivity contribution in [1.29, 1.82) is 0 Å². The first-order chi connectivity index (χ1) is 10.5. The van der Waals surface area contributed by atoms with Crippen molar-refractivity contribution in [1.82, 2.24) is 9.88 Å². The first-order valence-electron chi connectivity index (χ1n) is 7.73. The van der Waals surface area contributed by atoms with Crippen molar-refractivity contribution in [2.45, 2.75) is 33.1 Å². The van der Waals surface area contributed by atoms with Crippen LogP contribution < -0.4 is 5.32 Å². The number of nitrogens with one attached hydrogen (secondary N) is 1. The molecule has 1 aliphatic rings. The molecule has 0 aliphatic carbocycles. The number of anilines is 1. The van der Waals surface area contributed by atoms with Gasteiger partial charge >= 0.3 is 0 Å². The lowest BCUT2D eigenvalue weighted by molar-refractivity contribution is -0.138. The molecule has 0 aromatic carbocycles. The highest BCUT2D eigenvalue weighted by atomic mass is 35.5. The number of piperidine rings is 1. The van der Waals surface area contributed by atoms with Crippen molar-refractivity contribution in [2.24, 2.45) is 11.8 Å². The van der Waals surface area contributed by atoms with E-state index in [0.717, 1.165) is 25.8 Å². The summed E-state index contributed by atoms with van der Waals surface area (Å²) < 4.78 is 0. The maximum Gasteiger partial charge on any atom is 0.230 e. The van der Waals surface area contributed by atoms with E-state index >= 15 is 0 Å². The van der Waals surface area contributed by atoms with Crippen molar-refractivity contribution in [3.8, 4) is 0 Å². The Morgan fingerprint density at radius 3 is 3.00 bits per heavy atom. The number of rotatable bonds is 4. The van der Waals surface area contributed by atoms with Gasteiger partial charge in [-0.15, -0.1) is 0 Å². The summed E-state index contributed by atoms with van der Waals surface area (Å²) in [7, 11) is 0. The third kappa shape index (κ3) is 3.97. The molecule has 1 fully saturated rings. The van der Waals surface area contributed by atoms with Crippen LogP contribution in [0.3, 0.4) is 0 Å². The van der Waals surface area contributed by atoms with Crippen LogP contribution in [-0.4, -0.2) is 34.8 Å². The van der Waals surface area contributed by atoms with Gasteiger partial charge in [-0.25, -0.2) is 4.98 Å². The van der Waals surface area contributed by atoms with Crippen molar-refractivity contribution >= 4 is 29.2 Å². The summed E-state index contributed by atoms with van der Waals surface area (Å²) in [6, 6.07) is 3.40. The Balaban J connectivity index is 1.98. The first-order valence-corrected chi connectivity index (χ1v) is 8.10. The minimum absolute atomic E-state index is 0.00652. The third-order valence-electron chi connectivity index (χ3n) is 4.14. The van der Waals surface area contributed by atoms with E-state index in [2.05, 4.69) is 10.3 Å². The normalized spacial score (nSPS) is 19.6. The summed E-state index contributed by atoms with van der Waals surface area (Å²) >= 11 is 6.00. The molecule has 2 atom stereocenters. The maximum atomic E-state index is 12.4. The monoisotopic (exact) mass is 323 g/mol. The number of hydrogen-bond donors (Lipinski definition) is 1. The van der Waals surface area contributed by atoms with Crippen LogP contribution in [0.2, 0.25) is 5.02 Å². The highest BCUT2D eigenvalue weighted by Crippen LogP contribution is 2.23. The molecular formula is C16H22ClN3O2. The minimum Gasteiger partial charge on any atom is -0.342 e. The summed E-state index contributed by atoms with van der Waals surface area (Å²) in [4.78, 5) is 30.5. The van der Waals surface area contributed by atoms with Gasteiger partial charge in [-0.05, 0) is 31.4 Å². The molecule has 22 heavy (non-hydrogen) atoms. The lowest BCUT2D eigenvalue weighted by Gasteiger charge is -2.33. The molecule has 0 saturated carbocycles. The highest BCUT2D eigenvalue weighted by molar-refractivity contribution is 6.33. The van der Waals surface area contributed by atoms with Gasteiger partial charge in [0, 0.05) is 25.2 Å². The molecule has 1 aromatic heterocycles. The van der Waals surface area contributed by atoms with Crippen molar-refractivity contribution in [3.63, 3.8) is 0 Å². The maximum absolute atomic E-state index is 12.4. The Hall–Kier alpha value is -1.62. The van der Waals surface area contributed by atoms with Crippen LogP contribution in [0.1, 0.15) is 33.1 Å². The van der Waals surface area contributed by atoms with Gasteiger partial charge in [0.05, 0.1) is 10.9 Å². The second-order valence-corrected chi connectivity index (χ2v) is 6.16. The van der Waals surface area contributed by atoms with E-state index in [0.29, 0.717) is 17.4 Å². The Morgan fingerprint density at radius 2 is 2.32 bits per heavy atom. The SMILES string of the molecule is CCC(C)C(=O)N1CCCC(C(=O)Nc2ncccc2Cl)C1. The standard InChI is InChI=1S/C16H22ClN3O2/c1-3-11(2)16(22)20-9-5-6-12(10-20)15(21)19-14-13(17)7-4-8-18-14/h4,7-8,11-12H,3,5-6,9-10H2,1-2H3,(H,18,19,21). The average Bonchev–Trinajstić information content (AvgIpc) is 2.55. The van der Waals surface area contributed by atoms with E-state index in [1.54, 1.807) is 18.3 Å². The number of carbonyl (C=O) groups excluding carboxylic acids is 2. The van der Waals surface area contributed by atoms with Gasteiger partial charge in [0.1, 0.15) is 0 Å². The van der Waals surface area contributed by atoms with Gasteiger partial charge in [-0.1, -0.05) is 25.4 Å². The molecule has 0 spiro atoms. The van der Waals surface area contributed by atoms with Crippen LogP contribution >= 0.6 is 11.6 Å². The molecule has 0 bridgehead atoms. The fourth-order valence-electron chi connectivity index (χ4n) is 2.57. The van der Waals surface area contributed by atoms with E-state index in [1.165, 1.54) is 0 Å². The predicted octanol–water partition coefficient (Wildman–Crippen LogP) is 2.96. The Morgan fingerprint density at radius 1 is 1.55 bits per heavy atom. The van der Waals surface area contributed by atoms with Crippen LogP contribution in [-0.2, 0) is 9.59 Å². The lowest BCUT2D eigenvalue weighted by Crippen LogP contribution is -2.45. The van der Waals surface area contributed by atoms with Crippen LogP contribution in [0, 0.1) is 11.8 Å². The minimum atomic E-state index is -0.208. The molecule has 1 N–H and O–H groups in total. The summed E-state index contributed by atoms with van der Waals surface area (Å²) in [5.74, 6) is 0.185. The first kappa shape index (κ1) is 16.7. The summed E-state index contributed by atoms with van der Waals surface area (Å²) in [5.41, 5.74) is 0. The van der Waals surface area contributed by atoms with Gasteiger partial charge in [-0.3, -0.25) is 9.59 Å². The summed E-state index contributed by atoms with van der Waals surface area (Å²) in [5, 5.41) is 3.18. The van der Waals surface area contributed by atoms with Gasteiger partial charge < -0.3 is 10.2 Å². The topological polar surface area (TPSA) is 62.3 Å². The molecule has 2 unspecified atom stereocenters. The lowest BCUT2D eigenvalue weighted by atomic mass is 9.95. The molecule has 2 amide bonds. The zero-order valence-corrected chi connectivity index (χ0v) is 13.8. The second-order valence-electron chi connectivity index (χ2n) is 5.76. The number of amides is 2. The van der Waals surface area contributed by atoms with E-state index in [1.807, 2.05) is 18.7 Å². The van der Waals surface area contributed by atoms with Crippen LogP contribution in [0.5, 0.6) is 0 Å². The molecule has 1 aliphatic heterocycles. The predicted molar refractivity (Wildman–Crippen MR) is 86.6 cm³/mol. The smallest absolute Gasteiger partial charge is 0.230 e. The number of likely N-dealkylation sites (tertiary alicyclic amines) is 1. The fraction of sp³-hybridized carbons (Fsp3) is 0.562. The second kappa shape index (κ2) is 7.58. The molecule has 120 valence electrons. The molecular weight excluding hydrogens is 302 g/mol. The van der Waals surface area contributed by atoms with Gasteiger partial charge in [-0.2, -0.15) is 0 Å². The number of aromatic nitrogens is 1. The summed E-state index contributed by atoms with van der Waals surface area (Å²) in [6.07, 6.45) is 4.02. The summed E-state index contributed by atoms with van der Waals surface area (Å²) in [6.45, 7) is 5.14. The third-order valence-corrected chi connectivity index (χ3v) is 4.44. The fourth-order valence-corrected chi connectivity index (χ4v) is 2.74. The van der Waals surface area contributed by atoms with E-state index in [9.17, 15) is 9.59 Å². The molecule has 1 aromatic rings. The van der Waals surface area contributed by atoms with Crippen molar-refractivity contribution in [2.75, 3.05) is 18.4 Å². The van der Waals surface area contributed by atoms with E-state index in [4.69, 9.17) is 11.6 Å². The Kier molecular flexibility index (Phi) is 5.77. The van der Waals surface area contributed by atoms with Gasteiger partial charge in [0.25, 0.3) is 0 Å². The largest absolute Gasteiger partial charge is 0.342 e. The molecule has 2 heterocycles. The zero-order valence-electron chi connectivity index (χ0n) is 13.0. The average molecular weight is 324 g/mol. The molecule has 5 nitrogen and oxygen atoms in total. The van der Waals surface area contributed by atoms with Crippen LogP contribution in [0.15, 0.2) is 18.3 Å². The molecule has 1 saturated heterocycles. The van der Waals surface area contributed by atoms with Crippen molar-refractivity contribution < 1.29 is 9.59 Å². The van der Waals surface area contributed by atoms with Gasteiger partial charge in [0.2, 0.25) is 11.8 Å². The van der Waals surface area contributed by atoms with E-state index in [-0.39, 0.29) is 23.7 Å². The highest BCUT2D eigenvalue weighted by Gasteiger charge is 2.30. The molecule has 0 radical (unpaired) electrons. The number of hydrogen-bond acceptors (Lipinski definition) is 3. The molecule has 2 rings (SSSR count). The zero-order chi connectivity index (χ0) is 16.1. The Bertz CT molecular complexity index is 550. The van der Waals surface area contributed by atoms with Gasteiger partial charge in [0.15, 0.2) is 5.82 Å². The van der Waals surface area contributed by atoms with E-state index < -0.39 is 0 Å².